The fourth-order valence-corrected chi connectivity index (χ4v) is 1.47. The van der Waals surface area contributed by atoms with E-state index < -0.39 is 0 Å². The Kier molecular flexibility index (Phi) is 9.30. The SMILES string of the molecule is CCCCCCCC=C(I)C(C)O. The van der Waals surface area contributed by atoms with Crippen molar-refractivity contribution in [2.24, 2.45) is 0 Å². The lowest BCUT2D eigenvalue weighted by atomic mass is 10.1. The summed E-state index contributed by atoms with van der Waals surface area (Å²) in [5.41, 5.74) is 0. The molecule has 0 saturated carbocycles. The van der Waals surface area contributed by atoms with E-state index in [1.54, 1.807) is 0 Å². The standard InChI is InChI=1S/C11H21IO/c1-3-4-5-6-7-8-9-11(12)10(2)13/h9-10,13H,3-8H2,1-2H3. The van der Waals surface area contributed by atoms with E-state index in [2.05, 4.69) is 35.6 Å². The van der Waals surface area contributed by atoms with Gasteiger partial charge < -0.3 is 5.11 Å². The Balaban J connectivity index is 3.29. The summed E-state index contributed by atoms with van der Waals surface area (Å²) < 4.78 is 1.08. The molecule has 0 aliphatic carbocycles. The molecule has 1 N–H and O–H groups in total. The predicted octanol–water partition coefficient (Wildman–Crippen LogP) is 4.05. The number of unbranched alkanes of at least 4 members (excludes halogenated alkanes) is 5. The van der Waals surface area contributed by atoms with Gasteiger partial charge in [0.15, 0.2) is 0 Å². The van der Waals surface area contributed by atoms with Crippen molar-refractivity contribution in [2.45, 2.75) is 58.5 Å². The van der Waals surface area contributed by atoms with E-state index in [4.69, 9.17) is 0 Å². The van der Waals surface area contributed by atoms with Crippen LogP contribution in [0.5, 0.6) is 0 Å². The molecule has 0 rings (SSSR count). The third kappa shape index (κ3) is 8.75. The van der Waals surface area contributed by atoms with Gasteiger partial charge in [-0.3, -0.25) is 0 Å². The van der Waals surface area contributed by atoms with Gasteiger partial charge in [0.2, 0.25) is 0 Å². The highest BCUT2D eigenvalue weighted by molar-refractivity contribution is 14.1. The van der Waals surface area contributed by atoms with Gasteiger partial charge in [-0.25, -0.2) is 0 Å². The molecule has 0 bridgehead atoms. The number of rotatable bonds is 7. The van der Waals surface area contributed by atoms with Crippen LogP contribution < -0.4 is 0 Å². The fraction of sp³-hybridized carbons (Fsp3) is 0.818. The molecule has 0 spiro atoms. The van der Waals surface area contributed by atoms with Gasteiger partial charge in [-0.05, 0) is 42.4 Å². The van der Waals surface area contributed by atoms with E-state index in [0.29, 0.717) is 0 Å². The molecule has 0 aromatic rings. The zero-order valence-electron chi connectivity index (χ0n) is 8.72. The van der Waals surface area contributed by atoms with Gasteiger partial charge in [-0.2, -0.15) is 0 Å². The van der Waals surface area contributed by atoms with Crippen molar-refractivity contribution in [3.63, 3.8) is 0 Å². The minimum atomic E-state index is -0.281. The minimum absolute atomic E-state index is 0.281. The van der Waals surface area contributed by atoms with Crippen LogP contribution in [0.3, 0.4) is 0 Å². The highest BCUT2D eigenvalue weighted by atomic mass is 127. The van der Waals surface area contributed by atoms with Crippen molar-refractivity contribution >= 4 is 22.6 Å². The largest absolute Gasteiger partial charge is 0.388 e. The summed E-state index contributed by atoms with van der Waals surface area (Å²) in [6.07, 6.45) is 9.60. The third-order valence-electron chi connectivity index (χ3n) is 2.05. The normalized spacial score (nSPS) is 14.6. The number of hydrogen-bond donors (Lipinski definition) is 1. The quantitative estimate of drug-likeness (QED) is 0.555. The molecule has 0 saturated heterocycles. The Hall–Kier alpha value is 0.430. The maximum atomic E-state index is 9.19. The van der Waals surface area contributed by atoms with Gasteiger partial charge in [0, 0.05) is 3.58 Å². The predicted molar refractivity (Wildman–Crippen MR) is 67.2 cm³/mol. The lowest BCUT2D eigenvalue weighted by Gasteiger charge is -2.02. The Morgan fingerprint density at radius 3 is 2.46 bits per heavy atom. The Morgan fingerprint density at radius 2 is 1.92 bits per heavy atom. The van der Waals surface area contributed by atoms with E-state index in [-0.39, 0.29) is 6.10 Å². The summed E-state index contributed by atoms with van der Waals surface area (Å²) >= 11 is 2.21. The second-order valence-electron chi connectivity index (χ2n) is 3.47. The van der Waals surface area contributed by atoms with E-state index in [1.165, 1.54) is 32.1 Å². The van der Waals surface area contributed by atoms with Crippen molar-refractivity contribution in [3.8, 4) is 0 Å². The van der Waals surface area contributed by atoms with Crippen molar-refractivity contribution in [2.75, 3.05) is 0 Å². The van der Waals surface area contributed by atoms with Gasteiger partial charge in [0.1, 0.15) is 0 Å². The number of hydrogen-bond acceptors (Lipinski definition) is 1. The lowest BCUT2D eigenvalue weighted by molar-refractivity contribution is 0.242. The van der Waals surface area contributed by atoms with Gasteiger partial charge in [0.25, 0.3) is 0 Å². The average Bonchev–Trinajstić information content (AvgIpc) is 2.10. The average molecular weight is 296 g/mol. The number of allylic oxidation sites excluding steroid dienone is 1. The van der Waals surface area contributed by atoms with E-state index in [1.807, 2.05) is 6.92 Å². The molecular weight excluding hydrogens is 275 g/mol. The molecule has 0 radical (unpaired) electrons. The summed E-state index contributed by atoms with van der Waals surface area (Å²) in [5.74, 6) is 0. The van der Waals surface area contributed by atoms with Crippen LogP contribution in [0.4, 0.5) is 0 Å². The van der Waals surface area contributed by atoms with E-state index >= 15 is 0 Å². The van der Waals surface area contributed by atoms with Crippen LogP contribution >= 0.6 is 22.6 Å². The molecule has 0 aliphatic rings. The van der Waals surface area contributed by atoms with Gasteiger partial charge in [0.05, 0.1) is 6.10 Å². The van der Waals surface area contributed by atoms with Crippen molar-refractivity contribution in [1.82, 2.24) is 0 Å². The summed E-state index contributed by atoms with van der Waals surface area (Å²) in [6.45, 7) is 4.05. The molecule has 0 aromatic heterocycles. The first-order chi connectivity index (χ1) is 6.18. The molecule has 0 aliphatic heterocycles. The molecule has 78 valence electrons. The number of aliphatic hydroxyl groups is 1. The van der Waals surface area contributed by atoms with Crippen LogP contribution in [0.15, 0.2) is 9.66 Å². The topological polar surface area (TPSA) is 20.2 Å². The molecule has 0 fully saturated rings. The summed E-state index contributed by atoms with van der Waals surface area (Å²) in [7, 11) is 0. The zero-order chi connectivity index (χ0) is 10.1. The summed E-state index contributed by atoms with van der Waals surface area (Å²) in [5, 5.41) is 9.19. The van der Waals surface area contributed by atoms with Crippen LogP contribution in [0.2, 0.25) is 0 Å². The second kappa shape index (κ2) is 9.00. The lowest BCUT2D eigenvalue weighted by Crippen LogP contribution is -1.97. The fourth-order valence-electron chi connectivity index (χ4n) is 1.16. The summed E-state index contributed by atoms with van der Waals surface area (Å²) in [4.78, 5) is 0. The van der Waals surface area contributed by atoms with Gasteiger partial charge in [-0.15, -0.1) is 0 Å². The highest BCUT2D eigenvalue weighted by Gasteiger charge is 1.97. The molecule has 1 atom stereocenters. The first-order valence-corrected chi connectivity index (χ1v) is 6.30. The molecule has 1 nitrogen and oxygen atoms in total. The zero-order valence-corrected chi connectivity index (χ0v) is 10.9. The molecule has 0 heterocycles. The van der Waals surface area contributed by atoms with Crippen LogP contribution in [0, 0.1) is 0 Å². The Morgan fingerprint density at radius 1 is 1.31 bits per heavy atom. The third-order valence-corrected chi connectivity index (χ3v) is 3.39. The Labute approximate surface area is 95.8 Å². The molecule has 2 heteroatoms. The minimum Gasteiger partial charge on any atom is -0.388 e. The first-order valence-electron chi connectivity index (χ1n) is 5.22. The number of aliphatic hydroxyl groups excluding tert-OH is 1. The van der Waals surface area contributed by atoms with E-state index in [9.17, 15) is 5.11 Å². The Bertz CT molecular complexity index is 141. The van der Waals surface area contributed by atoms with Gasteiger partial charge >= 0.3 is 0 Å². The molecule has 0 aromatic carbocycles. The van der Waals surface area contributed by atoms with Crippen LogP contribution in [0.25, 0.3) is 0 Å². The second-order valence-corrected chi connectivity index (χ2v) is 4.71. The van der Waals surface area contributed by atoms with Crippen molar-refractivity contribution in [3.05, 3.63) is 9.66 Å². The maximum Gasteiger partial charge on any atom is 0.0815 e. The van der Waals surface area contributed by atoms with Crippen molar-refractivity contribution < 1.29 is 5.11 Å². The van der Waals surface area contributed by atoms with Gasteiger partial charge in [-0.1, -0.05) is 38.7 Å². The van der Waals surface area contributed by atoms with E-state index in [0.717, 1.165) is 10.0 Å². The highest BCUT2D eigenvalue weighted by Crippen LogP contribution is 2.14. The van der Waals surface area contributed by atoms with Crippen LogP contribution in [0.1, 0.15) is 52.4 Å². The molecule has 0 amide bonds. The van der Waals surface area contributed by atoms with Crippen molar-refractivity contribution in [1.29, 1.82) is 0 Å². The number of halogens is 1. The van der Waals surface area contributed by atoms with Crippen LogP contribution in [-0.2, 0) is 0 Å². The maximum absolute atomic E-state index is 9.19. The molecular formula is C11H21IO. The monoisotopic (exact) mass is 296 g/mol. The molecule has 13 heavy (non-hydrogen) atoms. The molecule has 1 unspecified atom stereocenters. The summed E-state index contributed by atoms with van der Waals surface area (Å²) in [6, 6.07) is 0. The first kappa shape index (κ1) is 13.4. The smallest absolute Gasteiger partial charge is 0.0815 e. The van der Waals surface area contributed by atoms with Crippen LogP contribution in [-0.4, -0.2) is 11.2 Å².